The molecule has 0 aliphatic carbocycles. The second kappa shape index (κ2) is 7.26. The minimum absolute atomic E-state index is 0.0920. The number of carbonyl (C=O) groups excluding carboxylic acids is 1. The summed E-state index contributed by atoms with van der Waals surface area (Å²) in [6.07, 6.45) is -4.96. The molecule has 1 amide bonds. The normalized spacial score (nSPS) is 12.2. The lowest BCUT2D eigenvalue weighted by Gasteiger charge is -2.11. The van der Waals surface area contributed by atoms with Crippen LogP contribution in [0.3, 0.4) is 0 Å². The molecule has 0 fully saturated rings. The van der Waals surface area contributed by atoms with Crippen LogP contribution >= 0.6 is 0 Å². The number of hydrogen-bond donors (Lipinski definition) is 1. The van der Waals surface area contributed by atoms with Crippen molar-refractivity contribution in [3.63, 3.8) is 0 Å². The largest absolute Gasteiger partial charge is 0.435 e. The number of nitrogens with zero attached hydrogens (tertiary/aromatic N) is 5. The van der Waals surface area contributed by atoms with E-state index in [9.17, 15) is 22.4 Å². The first-order valence-corrected chi connectivity index (χ1v) is 8.37. The van der Waals surface area contributed by atoms with Crippen LogP contribution in [-0.4, -0.2) is 31.0 Å². The first kappa shape index (κ1) is 20.4. The molecular weight excluding hydrogens is 396 g/mol. The number of carbonyl (C=O) groups is 1. The van der Waals surface area contributed by atoms with Crippen molar-refractivity contribution in [1.29, 1.82) is 0 Å². The lowest BCUT2D eigenvalue weighted by molar-refractivity contribution is -0.143. The van der Waals surface area contributed by atoms with Crippen LogP contribution < -0.4 is 5.32 Å². The highest BCUT2D eigenvalue weighted by atomic mass is 19.4. The average Bonchev–Trinajstić information content (AvgIpc) is 3.26. The molecule has 8 nitrogen and oxygen atoms in total. The Hall–Kier alpha value is -3.31. The van der Waals surface area contributed by atoms with Crippen LogP contribution in [0.1, 0.15) is 48.7 Å². The van der Waals surface area contributed by atoms with E-state index in [1.807, 2.05) is 20.8 Å². The Morgan fingerprint density at radius 2 is 1.97 bits per heavy atom. The molecule has 0 atom stereocenters. The van der Waals surface area contributed by atoms with E-state index in [-0.39, 0.29) is 18.1 Å². The van der Waals surface area contributed by atoms with Gasteiger partial charge in [0.2, 0.25) is 5.89 Å². The van der Waals surface area contributed by atoms with Gasteiger partial charge in [0, 0.05) is 5.41 Å². The van der Waals surface area contributed by atoms with E-state index in [0.717, 1.165) is 12.1 Å². The van der Waals surface area contributed by atoms with Crippen molar-refractivity contribution in [3.8, 4) is 5.69 Å². The van der Waals surface area contributed by atoms with Crippen molar-refractivity contribution < 1.29 is 26.9 Å². The summed E-state index contributed by atoms with van der Waals surface area (Å²) in [6.45, 7) is 5.23. The third-order valence-corrected chi connectivity index (χ3v) is 3.72. The highest BCUT2D eigenvalue weighted by molar-refractivity contribution is 5.93. The van der Waals surface area contributed by atoms with Gasteiger partial charge in [0.25, 0.3) is 5.91 Å². The Kier molecular flexibility index (Phi) is 5.11. The summed E-state index contributed by atoms with van der Waals surface area (Å²) in [7, 11) is 0. The smallest absolute Gasteiger partial charge is 0.343 e. The van der Waals surface area contributed by atoms with Gasteiger partial charge in [0.1, 0.15) is 5.82 Å². The molecule has 3 aromatic rings. The number of benzene rings is 1. The van der Waals surface area contributed by atoms with Crippen LogP contribution in [-0.2, 0) is 18.1 Å². The Morgan fingerprint density at radius 1 is 1.24 bits per heavy atom. The van der Waals surface area contributed by atoms with E-state index in [4.69, 9.17) is 4.52 Å². The van der Waals surface area contributed by atoms with Crippen LogP contribution in [0.4, 0.5) is 17.6 Å². The molecule has 0 spiro atoms. The fourth-order valence-electron chi connectivity index (χ4n) is 2.35. The number of aromatic nitrogens is 5. The average molecular weight is 412 g/mol. The second-order valence-corrected chi connectivity index (χ2v) is 7.12. The van der Waals surface area contributed by atoms with Crippen molar-refractivity contribution in [2.45, 2.75) is 38.9 Å². The first-order valence-electron chi connectivity index (χ1n) is 8.37. The van der Waals surface area contributed by atoms with E-state index in [2.05, 4.69) is 25.8 Å². The number of alkyl halides is 3. The van der Waals surface area contributed by atoms with E-state index in [0.29, 0.717) is 10.6 Å². The summed E-state index contributed by atoms with van der Waals surface area (Å²) in [5.41, 5.74) is -3.03. The highest BCUT2D eigenvalue weighted by Gasteiger charge is 2.42. The second-order valence-electron chi connectivity index (χ2n) is 7.12. The van der Waals surface area contributed by atoms with Crippen molar-refractivity contribution >= 4 is 5.91 Å². The summed E-state index contributed by atoms with van der Waals surface area (Å²) < 4.78 is 59.5. The molecule has 1 aromatic carbocycles. The zero-order chi connectivity index (χ0) is 21.4. The van der Waals surface area contributed by atoms with Gasteiger partial charge in [-0.25, -0.2) is 9.07 Å². The molecule has 29 heavy (non-hydrogen) atoms. The van der Waals surface area contributed by atoms with Crippen LogP contribution in [0.25, 0.3) is 5.69 Å². The fourth-order valence-corrected chi connectivity index (χ4v) is 2.35. The Labute approximate surface area is 161 Å². The summed E-state index contributed by atoms with van der Waals surface area (Å²) >= 11 is 0. The highest BCUT2D eigenvalue weighted by Crippen LogP contribution is 2.32. The van der Waals surface area contributed by atoms with Gasteiger partial charge in [-0.3, -0.25) is 4.79 Å². The molecule has 0 saturated carbocycles. The number of halogens is 4. The van der Waals surface area contributed by atoms with Crippen molar-refractivity contribution in [2.24, 2.45) is 0 Å². The molecule has 0 saturated heterocycles. The van der Waals surface area contributed by atoms with Crippen LogP contribution in [0, 0.1) is 5.82 Å². The first-order chi connectivity index (χ1) is 13.5. The third-order valence-electron chi connectivity index (χ3n) is 3.72. The maximum absolute atomic E-state index is 13.6. The maximum Gasteiger partial charge on any atom is 0.435 e. The van der Waals surface area contributed by atoms with E-state index < -0.39 is 34.7 Å². The number of rotatable bonds is 4. The number of nitrogens with one attached hydrogen (secondary N) is 1. The molecule has 0 aliphatic rings. The lowest BCUT2D eigenvalue weighted by atomic mass is 9.97. The number of amides is 1. The minimum Gasteiger partial charge on any atom is -0.343 e. The number of hydrogen-bond acceptors (Lipinski definition) is 6. The zero-order valence-corrected chi connectivity index (χ0v) is 15.6. The lowest BCUT2D eigenvalue weighted by Crippen LogP contribution is -2.27. The predicted octanol–water partition coefficient (Wildman–Crippen LogP) is 3.04. The molecule has 12 heteroatoms. The van der Waals surface area contributed by atoms with Gasteiger partial charge in [0.05, 0.1) is 12.2 Å². The maximum atomic E-state index is 13.6. The van der Waals surface area contributed by atoms with Gasteiger partial charge < -0.3 is 9.84 Å². The molecule has 2 aromatic heterocycles. The van der Waals surface area contributed by atoms with Crippen LogP contribution in [0.5, 0.6) is 0 Å². The van der Waals surface area contributed by atoms with Crippen molar-refractivity contribution in [2.75, 3.05) is 0 Å². The molecule has 0 aliphatic heterocycles. The fraction of sp³-hybridized carbons (Fsp3) is 0.353. The minimum atomic E-state index is -4.96. The summed E-state index contributed by atoms with van der Waals surface area (Å²) in [4.78, 5) is 16.4. The molecular formula is C17H16F4N6O2. The van der Waals surface area contributed by atoms with Gasteiger partial charge in [-0.15, -0.1) is 5.10 Å². The van der Waals surface area contributed by atoms with Crippen LogP contribution in [0.15, 0.2) is 28.8 Å². The van der Waals surface area contributed by atoms with E-state index in [1.165, 1.54) is 12.1 Å². The SMILES string of the molecule is CC(C)(C)c1nc(CNC(=O)c2nnn(-c3cccc(F)c3)c2C(F)(F)F)no1. The predicted molar refractivity (Wildman–Crippen MR) is 90.5 cm³/mol. The van der Waals surface area contributed by atoms with E-state index in [1.54, 1.807) is 0 Å². The monoisotopic (exact) mass is 412 g/mol. The van der Waals surface area contributed by atoms with Gasteiger partial charge in [0.15, 0.2) is 17.2 Å². The molecule has 0 bridgehead atoms. The van der Waals surface area contributed by atoms with Gasteiger partial charge in [-0.1, -0.05) is 37.2 Å². The Morgan fingerprint density at radius 3 is 2.55 bits per heavy atom. The third kappa shape index (κ3) is 4.41. The van der Waals surface area contributed by atoms with Crippen LogP contribution in [0.2, 0.25) is 0 Å². The van der Waals surface area contributed by atoms with Gasteiger partial charge in [-0.2, -0.15) is 18.2 Å². The summed E-state index contributed by atoms with van der Waals surface area (Å²) in [6, 6.07) is 4.34. The Balaban J connectivity index is 1.86. The Bertz CT molecular complexity index is 1040. The van der Waals surface area contributed by atoms with Gasteiger partial charge in [-0.05, 0) is 18.2 Å². The summed E-state index contributed by atoms with van der Waals surface area (Å²) in [5.74, 6) is -1.49. The van der Waals surface area contributed by atoms with Crippen molar-refractivity contribution in [1.82, 2.24) is 30.5 Å². The molecule has 2 heterocycles. The zero-order valence-electron chi connectivity index (χ0n) is 15.6. The molecule has 3 rings (SSSR count). The quantitative estimate of drug-likeness (QED) is 0.662. The molecule has 154 valence electrons. The molecule has 1 N–H and O–H groups in total. The topological polar surface area (TPSA) is 98.7 Å². The van der Waals surface area contributed by atoms with E-state index >= 15 is 0 Å². The molecule has 0 unspecified atom stereocenters. The summed E-state index contributed by atoms with van der Waals surface area (Å²) in [5, 5.41) is 12.6. The molecule has 0 radical (unpaired) electrons. The van der Waals surface area contributed by atoms with Crippen molar-refractivity contribution in [3.05, 3.63) is 53.2 Å². The van der Waals surface area contributed by atoms with Gasteiger partial charge >= 0.3 is 6.18 Å². The standard InChI is InChI=1S/C17H16F4N6O2/c1-16(2,3)15-23-11(25-29-15)8-22-14(28)12-13(17(19,20)21)27(26-24-12)10-6-4-5-9(18)7-10/h4-7H,8H2,1-3H3,(H,22,28).